The zero-order chi connectivity index (χ0) is 10.6. The Morgan fingerprint density at radius 3 is 2.93 bits per heavy atom. The summed E-state index contributed by atoms with van der Waals surface area (Å²) in [7, 11) is 0. The lowest BCUT2D eigenvalue weighted by Gasteiger charge is -2.05. The molecule has 0 aliphatic carbocycles. The van der Waals surface area contributed by atoms with Crippen molar-refractivity contribution in [2.24, 2.45) is 0 Å². The van der Waals surface area contributed by atoms with Crippen molar-refractivity contribution in [1.29, 1.82) is 5.26 Å². The number of ether oxygens (including phenoxy) is 1. The molecule has 0 saturated carbocycles. The van der Waals surface area contributed by atoms with Gasteiger partial charge in [0.25, 0.3) is 0 Å². The van der Waals surface area contributed by atoms with Crippen LogP contribution < -0.4 is 4.74 Å². The predicted octanol–water partition coefficient (Wildman–Crippen LogP) is 1.78. The van der Waals surface area contributed by atoms with Gasteiger partial charge in [0.2, 0.25) is 0 Å². The van der Waals surface area contributed by atoms with Crippen molar-refractivity contribution in [1.82, 2.24) is 0 Å². The zero-order valence-electron chi connectivity index (χ0n) is 7.03. The first-order valence-corrected chi connectivity index (χ1v) is 4.47. The molecule has 0 atom stereocenters. The molecule has 0 aliphatic heterocycles. The van der Waals surface area contributed by atoms with Crippen LogP contribution in [-0.2, 0) is 4.79 Å². The third-order valence-electron chi connectivity index (χ3n) is 1.41. The summed E-state index contributed by atoms with van der Waals surface area (Å²) in [5.74, 6) is -0.703. The van der Waals surface area contributed by atoms with Crippen LogP contribution in [-0.4, -0.2) is 17.7 Å². The summed E-state index contributed by atoms with van der Waals surface area (Å²) < 4.78 is 5.57. The van der Waals surface area contributed by atoms with E-state index in [1.165, 1.54) is 6.07 Å². The van der Waals surface area contributed by atoms with Gasteiger partial charge in [-0.25, -0.2) is 4.79 Å². The molecule has 72 valence electrons. The minimum Gasteiger partial charge on any atom is -0.481 e. The minimum absolute atomic E-state index is 0.353. The smallest absolute Gasteiger partial charge is 0.341 e. The molecule has 0 aromatic heterocycles. The number of hydrogen-bond donors (Lipinski definition) is 1. The third-order valence-corrected chi connectivity index (χ3v) is 2.07. The van der Waals surface area contributed by atoms with Crippen molar-refractivity contribution >= 4 is 21.9 Å². The number of nitrogens with zero attached hydrogens (tertiary/aromatic N) is 1. The Bertz CT molecular complexity index is 398. The van der Waals surface area contributed by atoms with Gasteiger partial charge in [-0.15, -0.1) is 0 Å². The molecule has 0 saturated heterocycles. The van der Waals surface area contributed by atoms with E-state index in [-0.39, 0.29) is 0 Å². The van der Waals surface area contributed by atoms with E-state index in [2.05, 4.69) is 15.9 Å². The number of rotatable bonds is 3. The van der Waals surface area contributed by atoms with E-state index in [4.69, 9.17) is 15.1 Å². The normalized spacial score (nSPS) is 9.14. The maximum absolute atomic E-state index is 10.2. The molecule has 1 N–H and O–H groups in total. The molecule has 0 spiro atoms. The second kappa shape index (κ2) is 4.63. The fourth-order valence-corrected chi connectivity index (χ4v) is 1.18. The number of carbonyl (C=O) groups is 1. The summed E-state index contributed by atoms with van der Waals surface area (Å²) in [5.41, 5.74) is 0.425. The largest absolute Gasteiger partial charge is 0.481 e. The summed E-state index contributed by atoms with van der Waals surface area (Å²) in [6.07, 6.45) is 0. The van der Waals surface area contributed by atoms with Gasteiger partial charge in [-0.05, 0) is 34.1 Å². The van der Waals surface area contributed by atoms with Gasteiger partial charge in [0.05, 0.1) is 16.1 Å². The fourth-order valence-electron chi connectivity index (χ4n) is 0.823. The molecule has 0 amide bonds. The lowest BCUT2D eigenvalue weighted by molar-refractivity contribution is -0.139. The highest BCUT2D eigenvalue weighted by atomic mass is 79.9. The molecule has 0 heterocycles. The van der Waals surface area contributed by atoms with Crippen molar-refractivity contribution in [3.63, 3.8) is 0 Å². The average Bonchev–Trinajstić information content (AvgIpc) is 2.16. The van der Waals surface area contributed by atoms with Crippen LogP contribution in [0.15, 0.2) is 22.7 Å². The van der Waals surface area contributed by atoms with E-state index >= 15 is 0 Å². The van der Waals surface area contributed by atoms with E-state index in [1.807, 2.05) is 6.07 Å². The highest BCUT2D eigenvalue weighted by Crippen LogP contribution is 2.25. The van der Waals surface area contributed by atoms with E-state index in [9.17, 15) is 4.79 Å². The summed E-state index contributed by atoms with van der Waals surface area (Å²) >= 11 is 3.18. The molecule has 0 aliphatic rings. The predicted molar refractivity (Wildman–Crippen MR) is 52.0 cm³/mol. The molecule has 1 rings (SSSR count). The van der Waals surface area contributed by atoms with E-state index in [0.29, 0.717) is 15.8 Å². The average molecular weight is 256 g/mol. The van der Waals surface area contributed by atoms with Gasteiger partial charge in [0.15, 0.2) is 6.61 Å². The number of nitriles is 1. The van der Waals surface area contributed by atoms with Crippen LogP contribution in [0.5, 0.6) is 5.75 Å². The molecule has 5 heteroatoms. The van der Waals surface area contributed by atoms with Gasteiger partial charge in [0, 0.05) is 0 Å². The highest BCUT2D eigenvalue weighted by Gasteiger charge is 2.04. The molecular weight excluding hydrogens is 250 g/mol. The Balaban J connectivity index is 2.85. The first-order valence-electron chi connectivity index (χ1n) is 3.67. The number of benzene rings is 1. The number of halogens is 1. The van der Waals surface area contributed by atoms with Crippen molar-refractivity contribution < 1.29 is 14.6 Å². The maximum Gasteiger partial charge on any atom is 0.341 e. The second-order valence-electron chi connectivity index (χ2n) is 2.44. The standard InChI is InChI=1S/C9H6BrNO3/c10-7-2-1-6(4-11)3-8(7)14-5-9(12)13/h1-3H,5H2,(H,12,13). The van der Waals surface area contributed by atoms with Gasteiger partial charge in [0.1, 0.15) is 5.75 Å². The first-order chi connectivity index (χ1) is 6.63. The van der Waals surface area contributed by atoms with Gasteiger partial charge in [-0.1, -0.05) is 0 Å². The van der Waals surface area contributed by atoms with Gasteiger partial charge >= 0.3 is 5.97 Å². The molecule has 0 bridgehead atoms. The Morgan fingerprint density at radius 1 is 1.64 bits per heavy atom. The lowest BCUT2D eigenvalue weighted by atomic mass is 10.2. The maximum atomic E-state index is 10.2. The summed E-state index contributed by atoms with van der Waals surface area (Å²) in [5, 5.41) is 17.0. The highest BCUT2D eigenvalue weighted by molar-refractivity contribution is 9.10. The van der Waals surface area contributed by atoms with Crippen LogP contribution in [0.1, 0.15) is 5.56 Å². The SMILES string of the molecule is N#Cc1ccc(Br)c(OCC(=O)O)c1. The van der Waals surface area contributed by atoms with E-state index in [1.54, 1.807) is 12.1 Å². The number of aliphatic carboxylic acids is 1. The number of carboxylic acids is 1. The van der Waals surface area contributed by atoms with Crippen molar-refractivity contribution in [3.8, 4) is 11.8 Å². The summed E-state index contributed by atoms with van der Waals surface area (Å²) in [6.45, 7) is -0.423. The van der Waals surface area contributed by atoms with Crippen LogP contribution in [0.4, 0.5) is 0 Å². The van der Waals surface area contributed by atoms with Crippen LogP contribution in [0, 0.1) is 11.3 Å². The molecule has 1 aromatic rings. The van der Waals surface area contributed by atoms with Crippen molar-refractivity contribution in [2.75, 3.05) is 6.61 Å². The molecular formula is C9H6BrNO3. The number of carboxylic acid groups (broad SMARTS) is 1. The van der Waals surface area contributed by atoms with E-state index in [0.717, 1.165) is 0 Å². The van der Waals surface area contributed by atoms with Crippen LogP contribution in [0.25, 0.3) is 0 Å². The van der Waals surface area contributed by atoms with Crippen LogP contribution in [0.3, 0.4) is 0 Å². The van der Waals surface area contributed by atoms with Crippen LogP contribution in [0.2, 0.25) is 0 Å². The van der Waals surface area contributed by atoms with E-state index < -0.39 is 12.6 Å². The monoisotopic (exact) mass is 255 g/mol. The number of hydrogen-bond acceptors (Lipinski definition) is 3. The lowest BCUT2D eigenvalue weighted by Crippen LogP contribution is -2.09. The second-order valence-corrected chi connectivity index (χ2v) is 3.29. The molecule has 14 heavy (non-hydrogen) atoms. The van der Waals surface area contributed by atoms with Crippen LogP contribution >= 0.6 is 15.9 Å². The molecule has 0 radical (unpaired) electrons. The summed E-state index contributed by atoms with van der Waals surface area (Å²) in [4.78, 5) is 10.2. The fraction of sp³-hybridized carbons (Fsp3) is 0.111. The zero-order valence-corrected chi connectivity index (χ0v) is 8.61. The van der Waals surface area contributed by atoms with Gasteiger partial charge in [-0.2, -0.15) is 5.26 Å². The Labute approximate surface area is 88.9 Å². The Kier molecular flexibility index (Phi) is 3.48. The topological polar surface area (TPSA) is 70.3 Å². The van der Waals surface area contributed by atoms with Gasteiger partial charge in [-0.3, -0.25) is 0 Å². The van der Waals surface area contributed by atoms with Gasteiger partial charge < -0.3 is 9.84 Å². The molecule has 0 unspecified atom stereocenters. The molecule has 1 aromatic carbocycles. The quantitative estimate of drug-likeness (QED) is 0.894. The minimum atomic E-state index is -1.06. The third kappa shape index (κ3) is 2.75. The first kappa shape index (κ1) is 10.5. The van der Waals surface area contributed by atoms with Crippen molar-refractivity contribution in [3.05, 3.63) is 28.2 Å². The molecule has 4 nitrogen and oxygen atoms in total. The Hall–Kier alpha value is -1.54. The molecule has 0 fully saturated rings. The Morgan fingerprint density at radius 2 is 2.36 bits per heavy atom. The summed E-state index contributed by atoms with van der Waals surface area (Å²) in [6, 6.07) is 6.66. The van der Waals surface area contributed by atoms with Crippen molar-refractivity contribution in [2.45, 2.75) is 0 Å².